The number of nitrogens with zero attached hydrogens (tertiary/aromatic N) is 3. The van der Waals surface area contributed by atoms with Crippen molar-refractivity contribution in [3.8, 4) is 5.69 Å². The van der Waals surface area contributed by atoms with E-state index in [1.165, 1.54) is 24.4 Å². The molecule has 1 N–H and O–H groups in total. The molecule has 0 saturated heterocycles. The number of para-hydroxylation sites is 1. The van der Waals surface area contributed by atoms with Gasteiger partial charge >= 0.3 is 0 Å². The van der Waals surface area contributed by atoms with Crippen LogP contribution in [0.1, 0.15) is 17.0 Å². The third kappa shape index (κ3) is 5.89. The van der Waals surface area contributed by atoms with E-state index >= 15 is 0 Å². The number of carbonyl (C=O) groups is 1. The molecule has 0 aliphatic heterocycles. The largest absolute Gasteiger partial charge is 0.316 e. The number of anilines is 1. The number of hydrogen-bond acceptors (Lipinski definition) is 4. The first-order valence-electron chi connectivity index (χ1n) is 11.4. The topological polar surface area (TPSA) is 83.8 Å². The molecule has 1 aromatic heterocycles. The van der Waals surface area contributed by atoms with Crippen LogP contribution in [0, 0.1) is 13.8 Å². The van der Waals surface area contributed by atoms with Crippen molar-refractivity contribution in [2.75, 3.05) is 10.8 Å². The Labute approximate surface area is 236 Å². The highest BCUT2D eigenvalue weighted by Gasteiger charge is 2.28. The van der Waals surface area contributed by atoms with Crippen LogP contribution >= 0.6 is 34.8 Å². The number of halogens is 3. The van der Waals surface area contributed by atoms with Gasteiger partial charge < -0.3 is 4.57 Å². The summed E-state index contributed by atoms with van der Waals surface area (Å²) in [5.74, 6) is -0.643. The van der Waals surface area contributed by atoms with Gasteiger partial charge in [0.2, 0.25) is 0 Å². The van der Waals surface area contributed by atoms with Gasteiger partial charge in [0.05, 0.1) is 32.5 Å². The summed E-state index contributed by atoms with van der Waals surface area (Å²) < 4.78 is 29.7. The third-order valence-corrected chi connectivity index (χ3v) is 8.38. The maximum Gasteiger partial charge on any atom is 0.264 e. The van der Waals surface area contributed by atoms with Crippen LogP contribution in [0.2, 0.25) is 15.1 Å². The van der Waals surface area contributed by atoms with Crippen molar-refractivity contribution in [2.45, 2.75) is 18.7 Å². The number of aromatic nitrogens is 1. The van der Waals surface area contributed by atoms with Crippen molar-refractivity contribution in [1.82, 2.24) is 9.99 Å². The number of rotatable bonds is 8. The molecule has 0 bridgehead atoms. The predicted octanol–water partition coefficient (Wildman–Crippen LogP) is 6.40. The van der Waals surface area contributed by atoms with Crippen LogP contribution in [0.25, 0.3) is 5.69 Å². The second-order valence-electron chi connectivity index (χ2n) is 8.33. The molecule has 196 valence electrons. The number of nitrogens with one attached hydrogen (secondary N) is 1. The van der Waals surface area contributed by atoms with Crippen molar-refractivity contribution in [1.29, 1.82) is 0 Å². The summed E-state index contributed by atoms with van der Waals surface area (Å²) in [6.45, 7) is 3.29. The SMILES string of the molecule is Cc1cc(/C=N\NC(=O)CN(c2ccccc2Cl)S(=O)(=O)c2ccccc2)c(C)n1-c1ccc(Cl)cc1Cl. The van der Waals surface area contributed by atoms with Crippen molar-refractivity contribution >= 4 is 62.6 Å². The number of aryl methyl sites for hydroxylation is 1. The second-order valence-corrected chi connectivity index (χ2v) is 11.4. The third-order valence-electron chi connectivity index (χ3n) is 5.75. The van der Waals surface area contributed by atoms with Gasteiger partial charge in [-0.15, -0.1) is 0 Å². The number of carbonyl (C=O) groups excluding carboxylic acids is 1. The summed E-state index contributed by atoms with van der Waals surface area (Å²) >= 11 is 18.7. The molecule has 0 radical (unpaired) electrons. The molecular weight excluding hydrogens is 567 g/mol. The van der Waals surface area contributed by atoms with Gasteiger partial charge in [-0.2, -0.15) is 5.10 Å². The lowest BCUT2D eigenvalue weighted by Crippen LogP contribution is -2.39. The predicted molar refractivity (Wildman–Crippen MR) is 153 cm³/mol. The number of sulfonamides is 1. The smallest absolute Gasteiger partial charge is 0.264 e. The van der Waals surface area contributed by atoms with Gasteiger partial charge in [0, 0.05) is 22.0 Å². The molecule has 0 atom stereocenters. The van der Waals surface area contributed by atoms with E-state index in [0.29, 0.717) is 10.0 Å². The fourth-order valence-corrected chi connectivity index (χ4v) is 6.21. The van der Waals surface area contributed by atoms with Gasteiger partial charge in [-0.05, 0) is 62.4 Å². The van der Waals surface area contributed by atoms with E-state index in [2.05, 4.69) is 10.5 Å². The molecule has 0 saturated carbocycles. The highest BCUT2D eigenvalue weighted by molar-refractivity contribution is 7.92. The first-order chi connectivity index (χ1) is 18.1. The summed E-state index contributed by atoms with van der Waals surface area (Å²) in [4.78, 5) is 12.9. The summed E-state index contributed by atoms with van der Waals surface area (Å²) in [5.41, 5.74) is 5.85. The quantitative estimate of drug-likeness (QED) is 0.191. The minimum absolute atomic E-state index is 0.0320. The molecule has 1 heterocycles. The Hall–Kier alpha value is -3.30. The molecule has 7 nitrogen and oxygen atoms in total. The van der Waals surface area contributed by atoms with Gasteiger partial charge in [-0.3, -0.25) is 9.10 Å². The van der Waals surface area contributed by atoms with Gasteiger partial charge in [0.1, 0.15) is 6.54 Å². The van der Waals surface area contributed by atoms with Crippen LogP contribution in [0.4, 0.5) is 5.69 Å². The zero-order valence-electron chi connectivity index (χ0n) is 20.4. The fraction of sp³-hybridized carbons (Fsp3) is 0.111. The van der Waals surface area contributed by atoms with Crippen LogP contribution in [-0.2, 0) is 14.8 Å². The molecule has 38 heavy (non-hydrogen) atoms. The van der Waals surface area contributed by atoms with Gasteiger partial charge in [0.15, 0.2) is 0 Å². The van der Waals surface area contributed by atoms with Crippen LogP contribution < -0.4 is 9.73 Å². The summed E-state index contributed by atoms with van der Waals surface area (Å²) in [6, 6.07) is 21.4. The molecule has 0 aliphatic carbocycles. The number of amides is 1. The molecule has 11 heteroatoms. The zero-order chi connectivity index (χ0) is 27.4. The molecule has 4 rings (SSSR count). The zero-order valence-corrected chi connectivity index (χ0v) is 23.5. The van der Waals surface area contributed by atoms with Crippen LogP contribution in [0.3, 0.4) is 0 Å². The lowest BCUT2D eigenvalue weighted by molar-refractivity contribution is -0.119. The standard InChI is InChI=1S/C27H23Cl3N4O3S/c1-18-14-20(19(2)34(18)26-13-12-21(28)15-24(26)30)16-31-32-27(35)17-33(25-11-7-6-10-23(25)29)38(36,37)22-8-4-3-5-9-22/h3-16H,17H2,1-2H3,(H,32,35)/b31-16-. The van der Waals surface area contributed by atoms with E-state index in [9.17, 15) is 13.2 Å². The van der Waals surface area contributed by atoms with Crippen molar-refractivity contribution in [3.63, 3.8) is 0 Å². The minimum Gasteiger partial charge on any atom is -0.316 e. The Morgan fingerprint density at radius 1 is 0.947 bits per heavy atom. The molecule has 0 spiro atoms. The van der Waals surface area contributed by atoms with E-state index in [4.69, 9.17) is 34.8 Å². The highest BCUT2D eigenvalue weighted by Crippen LogP contribution is 2.30. The van der Waals surface area contributed by atoms with Gasteiger partial charge in [-0.25, -0.2) is 13.8 Å². The van der Waals surface area contributed by atoms with E-state index in [1.807, 2.05) is 30.5 Å². The first-order valence-corrected chi connectivity index (χ1v) is 14.0. The molecule has 0 unspecified atom stereocenters. The van der Waals surface area contributed by atoms with E-state index in [-0.39, 0.29) is 15.6 Å². The van der Waals surface area contributed by atoms with Crippen LogP contribution in [0.5, 0.6) is 0 Å². The maximum atomic E-state index is 13.4. The molecule has 1 amide bonds. The highest BCUT2D eigenvalue weighted by atomic mass is 35.5. The van der Waals surface area contributed by atoms with Crippen molar-refractivity contribution in [3.05, 3.63) is 111 Å². The van der Waals surface area contributed by atoms with E-state index < -0.39 is 22.5 Å². The normalized spacial score (nSPS) is 11.6. The molecular formula is C27H23Cl3N4O3S. The van der Waals surface area contributed by atoms with Crippen LogP contribution in [0.15, 0.2) is 88.9 Å². The maximum absolute atomic E-state index is 13.4. The number of hydrazone groups is 1. The van der Waals surface area contributed by atoms with Crippen LogP contribution in [-0.4, -0.2) is 31.7 Å². The Morgan fingerprint density at radius 3 is 2.32 bits per heavy atom. The molecule has 0 fully saturated rings. The Morgan fingerprint density at radius 2 is 1.63 bits per heavy atom. The van der Waals surface area contributed by atoms with Gasteiger partial charge in [0.25, 0.3) is 15.9 Å². The molecule has 0 aliphatic rings. The Kier molecular flexibility index (Phi) is 8.47. The van der Waals surface area contributed by atoms with Gasteiger partial charge in [-0.1, -0.05) is 65.1 Å². The minimum atomic E-state index is -4.08. The van der Waals surface area contributed by atoms with E-state index in [0.717, 1.165) is 26.9 Å². The summed E-state index contributed by atoms with van der Waals surface area (Å²) in [5, 5.41) is 5.28. The fourth-order valence-electron chi connectivity index (χ4n) is 3.96. The van der Waals surface area contributed by atoms with Crippen molar-refractivity contribution < 1.29 is 13.2 Å². The summed E-state index contributed by atoms with van der Waals surface area (Å²) in [7, 11) is -4.08. The molecule has 3 aromatic carbocycles. The average Bonchev–Trinajstić information content (AvgIpc) is 3.16. The average molecular weight is 590 g/mol. The second kappa shape index (κ2) is 11.6. The summed E-state index contributed by atoms with van der Waals surface area (Å²) in [6.07, 6.45) is 1.49. The lowest BCUT2D eigenvalue weighted by atomic mass is 10.2. The monoisotopic (exact) mass is 588 g/mol. The Bertz CT molecular complexity index is 1620. The number of hydrogen-bond donors (Lipinski definition) is 1. The Balaban J connectivity index is 1.56. The molecule has 4 aromatic rings. The van der Waals surface area contributed by atoms with Crippen molar-refractivity contribution in [2.24, 2.45) is 5.10 Å². The lowest BCUT2D eigenvalue weighted by Gasteiger charge is -2.24. The van der Waals surface area contributed by atoms with E-state index in [1.54, 1.807) is 48.5 Å². The first kappa shape index (κ1) is 27.7. The number of benzene rings is 3.